The Balaban J connectivity index is 2.86. The van der Waals surface area contributed by atoms with Gasteiger partial charge in [0.05, 0.1) is 0 Å². The van der Waals surface area contributed by atoms with Gasteiger partial charge in [-0.05, 0) is 38.8 Å². The number of halogens is 1. The van der Waals surface area contributed by atoms with Crippen LogP contribution in [0.25, 0.3) is 0 Å². The minimum absolute atomic E-state index is 0.00159. The molecule has 0 saturated carbocycles. The first-order valence-corrected chi connectivity index (χ1v) is 6.13. The molecule has 2 N–H and O–H groups in total. The van der Waals surface area contributed by atoms with Crippen molar-refractivity contribution >= 4 is 12.6 Å². The quantitative estimate of drug-likeness (QED) is 0.773. The maximum atomic E-state index is 13.8. The fourth-order valence-electron chi connectivity index (χ4n) is 1.59. The summed E-state index contributed by atoms with van der Waals surface area (Å²) >= 11 is 0. The van der Waals surface area contributed by atoms with Crippen LogP contribution in [-0.4, -0.2) is 34.7 Å². The highest BCUT2D eigenvalue weighted by molar-refractivity contribution is 6.58. The highest BCUT2D eigenvalue weighted by atomic mass is 19.1. The summed E-state index contributed by atoms with van der Waals surface area (Å²) in [5.74, 6) is -0.403. The van der Waals surface area contributed by atoms with Crippen molar-refractivity contribution in [1.29, 1.82) is 0 Å². The number of hydrogen-bond donors (Lipinski definition) is 2. The molecule has 0 atom stereocenters. The lowest BCUT2D eigenvalue weighted by Gasteiger charge is -2.35. The van der Waals surface area contributed by atoms with Gasteiger partial charge in [-0.25, -0.2) is 4.39 Å². The first-order chi connectivity index (χ1) is 8.27. The number of nitrogens with zero attached hydrogens (tertiary/aromatic N) is 1. The van der Waals surface area contributed by atoms with Crippen LogP contribution in [0.5, 0.6) is 0 Å². The van der Waals surface area contributed by atoms with E-state index in [-0.39, 0.29) is 11.0 Å². The maximum Gasteiger partial charge on any atom is 0.488 e. The summed E-state index contributed by atoms with van der Waals surface area (Å²) in [6.07, 6.45) is 0.971. The van der Waals surface area contributed by atoms with E-state index in [1.54, 1.807) is 6.07 Å². The molecule has 5 heteroatoms. The van der Waals surface area contributed by atoms with Crippen molar-refractivity contribution in [2.45, 2.75) is 39.3 Å². The molecule has 0 amide bonds. The van der Waals surface area contributed by atoms with Crippen LogP contribution in [-0.2, 0) is 6.54 Å². The van der Waals surface area contributed by atoms with E-state index in [1.165, 1.54) is 12.1 Å². The fourth-order valence-corrected chi connectivity index (χ4v) is 1.59. The van der Waals surface area contributed by atoms with Gasteiger partial charge in [0.25, 0.3) is 0 Å². The Kier molecular flexibility index (Phi) is 4.90. The molecule has 3 nitrogen and oxygen atoms in total. The van der Waals surface area contributed by atoms with Gasteiger partial charge in [-0.2, -0.15) is 0 Å². The highest BCUT2D eigenvalue weighted by Gasteiger charge is 2.22. The number of benzene rings is 1. The molecule has 100 valence electrons. The lowest BCUT2D eigenvalue weighted by molar-refractivity contribution is 0.141. The van der Waals surface area contributed by atoms with Crippen LogP contribution in [0.2, 0.25) is 0 Å². The molecule has 0 spiro atoms. The predicted molar refractivity (Wildman–Crippen MR) is 72.1 cm³/mol. The normalized spacial score (nSPS) is 12.0. The molecule has 0 bridgehead atoms. The van der Waals surface area contributed by atoms with Gasteiger partial charge in [0.1, 0.15) is 5.82 Å². The molecular formula is C13H21BFNO2. The van der Waals surface area contributed by atoms with E-state index in [1.807, 2.05) is 7.05 Å². The molecule has 0 fully saturated rings. The Hall–Kier alpha value is -0.905. The van der Waals surface area contributed by atoms with Gasteiger partial charge in [-0.1, -0.05) is 19.1 Å². The molecule has 0 aliphatic heterocycles. The van der Waals surface area contributed by atoms with E-state index in [4.69, 9.17) is 10.0 Å². The predicted octanol–water partition coefficient (Wildman–Crippen LogP) is 1.13. The minimum atomic E-state index is -1.63. The zero-order chi connectivity index (χ0) is 13.9. The van der Waals surface area contributed by atoms with E-state index in [2.05, 4.69) is 25.7 Å². The zero-order valence-corrected chi connectivity index (χ0v) is 11.4. The van der Waals surface area contributed by atoms with Crippen molar-refractivity contribution in [3.8, 4) is 0 Å². The minimum Gasteiger partial charge on any atom is -0.423 e. The lowest BCUT2D eigenvalue weighted by Crippen LogP contribution is -2.40. The molecule has 0 aliphatic carbocycles. The van der Waals surface area contributed by atoms with Gasteiger partial charge in [0, 0.05) is 17.6 Å². The maximum absolute atomic E-state index is 13.8. The first-order valence-electron chi connectivity index (χ1n) is 6.13. The van der Waals surface area contributed by atoms with Crippen LogP contribution in [0.4, 0.5) is 4.39 Å². The largest absolute Gasteiger partial charge is 0.488 e. The zero-order valence-electron chi connectivity index (χ0n) is 11.4. The van der Waals surface area contributed by atoms with E-state index < -0.39 is 12.9 Å². The van der Waals surface area contributed by atoms with E-state index in [9.17, 15) is 4.39 Å². The summed E-state index contributed by atoms with van der Waals surface area (Å²) in [6, 6.07) is 4.31. The van der Waals surface area contributed by atoms with Crippen LogP contribution in [0.1, 0.15) is 32.8 Å². The van der Waals surface area contributed by atoms with E-state index in [0.717, 1.165) is 6.42 Å². The molecule has 1 aromatic carbocycles. The first kappa shape index (κ1) is 15.2. The summed E-state index contributed by atoms with van der Waals surface area (Å²) in [4.78, 5) is 2.08. The standard InChI is InChI=1S/C13H21BFNO2/c1-5-13(2,3)16(4)9-10-6-7-11(14(17)18)8-12(10)15/h6-8,17-18H,5,9H2,1-4H3. The monoisotopic (exact) mass is 253 g/mol. The van der Waals surface area contributed by atoms with Crippen molar-refractivity contribution in [2.24, 2.45) is 0 Å². The molecule has 0 saturated heterocycles. The Morgan fingerprint density at radius 2 is 1.94 bits per heavy atom. The molecule has 0 unspecified atom stereocenters. The van der Waals surface area contributed by atoms with E-state index in [0.29, 0.717) is 12.1 Å². The van der Waals surface area contributed by atoms with Crippen molar-refractivity contribution in [3.05, 3.63) is 29.6 Å². The summed E-state index contributed by atoms with van der Waals surface area (Å²) in [6.45, 7) is 6.81. The molecule has 0 radical (unpaired) electrons. The van der Waals surface area contributed by atoms with Crippen molar-refractivity contribution in [2.75, 3.05) is 7.05 Å². The van der Waals surface area contributed by atoms with Gasteiger partial charge in [-0.3, -0.25) is 4.90 Å². The van der Waals surface area contributed by atoms with Crippen molar-refractivity contribution in [1.82, 2.24) is 4.90 Å². The van der Waals surface area contributed by atoms with Crippen LogP contribution in [0, 0.1) is 5.82 Å². The lowest BCUT2D eigenvalue weighted by atomic mass is 9.80. The Morgan fingerprint density at radius 3 is 2.39 bits per heavy atom. The van der Waals surface area contributed by atoms with Crippen LogP contribution in [0.15, 0.2) is 18.2 Å². The van der Waals surface area contributed by atoms with Gasteiger partial charge < -0.3 is 10.0 Å². The Bertz CT molecular complexity index is 410. The Labute approximate surface area is 108 Å². The number of hydrogen-bond acceptors (Lipinski definition) is 3. The van der Waals surface area contributed by atoms with Crippen molar-refractivity contribution in [3.63, 3.8) is 0 Å². The van der Waals surface area contributed by atoms with Gasteiger partial charge in [-0.15, -0.1) is 0 Å². The van der Waals surface area contributed by atoms with Gasteiger partial charge >= 0.3 is 7.12 Å². The summed E-state index contributed by atoms with van der Waals surface area (Å²) in [5.41, 5.74) is 0.735. The molecule has 1 rings (SSSR count). The van der Waals surface area contributed by atoms with Crippen LogP contribution < -0.4 is 5.46 Å². The third-order valence-corrected chi connectivity index (χ3v) is 3.68. The second kappa shape index (κ2) is 5.82. The second-order valence-corrected chi connectivity index (χ2v) is 5.25. The average molecular weight is 253 g/mol. The van der Waals surface area contributed by atoms with Gasteiger partial charge in [0.15, 0.2) is 0 Å². The van der Waals surface area contributed by atoms with Crippen molar-refractivity contribution < 1.29 is 14.4 Å². The molecule has 1 aromatic rings. The second-order valence-electron chi connectivity index (χ2n) is 5.25. The fraction of sp³-hybridized carbons (Fsp3) is 0.538. The molecule has 18 heavy (non-hydrogen) atoms. The number of rotatable bonds is 5. The molecule has 0 aromatic heterocycles. The summed E-state index contributed by atoms with van der Waals surface area (Å²) in [5, 5.41) is 17.9. The highest BCUT2D eigenvalue weighted by Crippen LogP contribution is 2.20. The third-order valence-electron chi connectivity index (χ3n) is 3.68. The van der Waals surface area contributed by atoms with Crippen LogP contribution >= 0.6 is 0 Å². The third kappa shape index (κ3) is 3.54. The van der Waals surface area contributed by atoms with Gasteiger partial charge in [0.2, 0.25) is 0 Å². The topological polar surface area (TPSA) is 43.7 Å². The summed E-state index contributed by atoms with van der Waals surface area (Å²) < 4.78 is 13.8. The Morgan fingerprint density at radius 1 is 1.33 bits per heavy atom. The average Bonchev–Trinajstić information content (AvgIpc) is 2.31. The smallest absolute Gasteiger partial charge is 0.423 e. The molecule has 0 heterocycles. The SMILES string of the molecule is CCC(C)(C)N(C)Cc1ccc(B(O)O)cc1F. The molecule has 0 aliphatic rings. The van der Waals surface area contributed by atoms with Crippen LogP contribution in [0.3, 0.4) is 0 Å². The van der Waals surface area contributed by atoms with E-state index >= 15 is 0 Å². The molecular weight excluding hydrogens is 232 g/mol. The summed E-state index contributed by atoms with van der Waals surface area (Å²) in [7, 11) is 0.330.